The lowest BCUT2D eigenvalue weighted by Crippen LogP contribution is -2.47. The average molecular weight is 400 g/mol. The SMILES string of the molecule is Cc1cc(N2CCN(c3cccc(Cl)c3)CC2)nc(NC2CCCCCC2)n1. The van der Waals surface area contributed by atoms with Gasteiger partial charge in [0.15, 0.2) is 0 Å². The van der Waals surface area contributed by atoms with Crippen LogP contribution in [0.3, 0.4) is 0 Å². The average Bonchev–Trinajstić information content (AvgIpc) is 2.96. The van der Waals surface area contributed by atoms with Crippen LogP contribution in [0, 0.1) is 6.92 Å². The first-order valence-corrected chi connectivity index (χ1v) is 10.9. The molecule has 2 heterocycles. The zero-order valence-electron chi connectivity index (χ0n) is 16.7. The van der Waals surface area contributed by atoms with Crippen molar-refractivity contribution >= 4 is 29.1 Å². The van der Waals surface area contributed by atoms with Crippen LogP contribution < -0.4 is 15.1 Å². The molecule has 150 valence electrons. The molecule has 0 unspecified atom stereocenters. The second kappa shape index (κ2) is 8.99. The lowest BCUT2D eigenvalue weighted by Gasteiger charge is -2.37. The highest BCUT2D eigenvalue weighted by Gasteiger charge is 2.20. The molecule has 0 spiro atoms. The normalized spacial score (nSPS) is 18.8. The summed E-state index contributed by atoms with van der Waals surface area (Å²) in [5, 5.41) is 4.40. The Kier molecular flexibility index (Phi) is 6.20. The topological polar surface area (TPSA) is 44.3 Å². The van der Waals surface area contributed by atoms with Gasteiger partial charge in [0.05, 0.1) is 0 Å². The molecule has 0 atom stereocenters. The van der Waals surface area contributed by atoms with Gasteiger partial charge >= 0.3 is 0 Å². The Labute approximate surface area is 173 Å². The largest absolute Gasteiger partial charge is 0.368 e. The van der Waals surface area contributed by atoms with Crippen LogP contribution in [0.1, 0.15) is 44.2 Å². The number of piperazine rings is 1. The minimum Gasteiger partial charge on any atom is -0.368 e. The summed E-state index contributed by atoms with van der Waals surface area (Å²) in [6, 6.07) is 10.7. The second-order valence-corrected chi connectivity index (χ2v) is 8.41. The maximum absolute atomic E-state index is 6.15. The molecule has 0 radical (unpaired) electrons. The molecular weight excluding hydrogens is 370 g/mol. The number of nitrogens with one attached hydrogen (secondary N) is 1. The van der Waals surface area contributed by atoms with Crippen molar-refractivity contribution < 1.29 is 0 Å². The van der Waals surface area contributed by atoms with Gasteiger partial charge in [0.1, 0.15) is 5.82 Å². The van der Waals surface area contributed by atoms with Crippen LogP contribution in [-0.2, 0) is 0 Å². The van der Waals surface area contributed by atoms with Gasteiger partial charge in [0, 0.05) is 54.7 Å². The maximum Gasteiger partial charge on any atom is 0.225 e. The number of nitrogens with zero attached hydrogens (tertiary/aromatic N) is 4. The van der Waals surface area contributed by atoms with Gasteiger partial charge in [-0.2, -0.15) is 4.98 Å². The van der Waals surface area contributed by atoms with E-state index >= 15 is 0 Å². The number of rotatable bonds is 4. The summed E-state index contributed by atoms with van der Waals surface area (Å²) in [7, 11) is 0. The standard InChI is InChI=1S/C22H30ClN5/c1-17-15-21(26-22(24-17)25-19-8-4-2-3-5-9-19)28-13-11-27(12-14-28)20-10-6-7-18(23)16-20/h6-7,10,15-16,19H,2-5,8-9,11-14H2,1H3,(H,24,25,26). The molecular formula is C22H30ClN5. The van der Waals surface area contributed by atoms with E-state index in [1.165, 1.54) is 44.2 Å². The van der Waals surface area contributed by atoms with E-state index in [1.807, 2.05) is 18.2 Å². The third-order valence-electron chi connectivity index (χ3n) is 5.81. The van der Waals surface area contributed by atoms with Crippen molar-refractivity contribution in [1.29, 1.82) is 0 Å². The van der Waals surface area contributed by atoms with E-state index in [1.54, 1.807) is 0 Å². The molecule has 1 aliphatic heterocycles. The second-order valence-electron chi connectivity index (χ2n) is 7.98. The Morgan fingerprint density at radius 3 is 2.36 bits per heavy atom. The first-order chi connectivity index (χ1) is 13.7. The molecule has 2 fully saturated rings. The highest BCUT2D eigenvalue weighted by atomic mass is 35.5. The van der Waals surface area contributed by atoms with E-state index in [9.17, 15) is 0 Å². The zero-order chi connectivity index (χ0) is 19.3. The summed E-state index contributed by atoms with van der Waals surface area (Å²) in [4.78, 5) is 14.3. The van der Waals surface area contributed by atoms with Gasteiger partial charge < -0.3 is 15.1 Å². The van der Waals surface area contributed by atoms with Crippen LogP contribution in [0.25, 0.3) is 0 Å². The molecule has 1 aliphatic carbocycles. The molecule has 0 bridgehead atoms. The van der Waals surface area contributed by atoms with Crippen LogP contribution in [-0.4, -0.2) is 42.2 Å². The van der Waals surface area contributed by atoms with Gasteiger partial charge in [0.2, 0.25) is 5.95 Å². The molecule has 0 amide bonds. The predicted molar refractivity (Wildman–Crippen MR) is 118 cm³/mol. The number of aromatic nitrogens is 2. The number of benzene rings is 1. The molecule has 5 nitrogen and oxygen atoms in total. The van der Waals surface area contributed by atoms with E-state index in [0.29, 0.717) is 6.04 Å². The minimum atomic E-state index is 0.511. The summed E-state index contributed by atoms with van der Waals surface area (Å²) < 4.78 is 0. The first kappa shape index (κ1) is 19.3. The fourth-order valence-electron chi connectivity index (χ4n) is 4.25. The Morgan fingerprint density at radius 2 is 1.64 bits per heavy atom. The van der Waals surface area contributed by atoms with Gasteiger partial charge in [-0.1, -0.05) is 43.4 Å². The number of halogens is 1. The van der Waals surface area contributed by atoms with Gasteiger partial charge in [0.25, 0.3) is 0 Å². The molecule has 1 saturated heterocycles. The molecule has 1 aromatic carbocycles. The van der Waals surface area contributed by atoms with E-state index in [4.69, 9.17) is 16.6 Å². The number of hydrogen-bond donors (Lipinski definition) is 1. The van der Waals surface area contributed by atoms with Gasteiger partial charge in [-0.05, 0) is 38.0 Å². The van der Waals surface area contributed by atoms with Gasteiger partial charge in [-0.15, -0.1) is 0 Å². The van der Waals surface area contributed by atoms with Crippen molar-refractivity contribution in [3.63, 3.8) is 0 Å². The highest BCUT2D eigenvalue weighted by molar-refractivity contribution is 6.30. The number of hydrogen-bond acceptors (Lipinski definition) is 5. The number of aryl methyl sites for hydroxylation is 1. The van der Waals surface area contributed by atoms with E-state index in [-0.39, 0.29) is 0 Å². The lowest BCUT2D eigenvalue weighted by atomic mass is 10.1. The highest BCUT2D eigenvalue weighted by Crippen LogP contribution is 2.24. The summed E-state index contributed by atoms with van der Waals surface area (Å²) in [5.74, 6) is 1.83. The third kappa shape index (κ3) is 4.88. The molecule has 6 heteroatoms. The van der Waals surface area contributed by atoms with E-state index < -0.39 is 0 Å². The molecule has 2 aromatic rings. The van der Waals surface area contributed by atoms with Crippen LogP contribution in [0.4, 0.5) is 17.5 Å². The third-order valence-corrected chi connectivity index (χ3v) is 6.04. The fraction of sp³-hybridized carbons (Fsp3) is 0.545. The predicted octanol–water partition coefficient (Wildman–Crippen LogP) is 4.90. The maximum atomic E-state index is 6.15. The quantitative estimate of drug-likeness (QED) is 0.741. The van der Waals surface area contributed by atoms with Crippen LogP contribution in [0.15, 0.2) is 30.3 Å². The smallest absolute Gasteiger partial charge is 0.225 e. The van der Waals surface area contributed by atoms with Gasteiger partial charge in [-0.3, -0.25) is 0 Å². The Hall–Kier alpha value is -2.01. The summed E-state index contributed by atoms with van der Waals surface area (Å²) in [5.41, 5.74) is 2.22. The van der Waals surface area contributed by atoms with Crippen molar-refractivity contribution in [2.45, 2.75) is 51.5 Å². The van der Waals surface area contributed by atoms with Crippen molar-refractivity contribution in [2.75, 3.05) is 41.3 Å². The molecule has 2 aliphatic rings. The zero-order valence-corrected chi connectivity index (χ0v) is 17.5. The Morgan fingerprint density at radius 1 is 0.929 bits per heavy atom. The molecule has 1 N–H and O–H groups in total. The van der Waals surface area contributed by atoms with Crippen LogP contribution >= 0.6 is 11.6 Å². The van der Waals surface area contributed by atoms with Crippen molar-refractivity contribution in [2.24, 2.45) is 0 Å². The van der Waals surface area contributed by atoms with Gasteiger partial charge in [-0.25, -0.2) is 4.98 Å². The van der Waals surface area contributed by atoms with Crippen LogP contribution in [0.5, 0.6) is 0 Å². The molecule has 28 heavy (non-hydrogen) atoms. The molecule has 1 aromatic heterocycles. The Bertz CT molecular complexity index is 780. The fourth-order valence-corrected chi connectivity index (χ4v) is 4.44. The van der Waals surface area contributed by atoms with Crippen molar-refractivity contribution in [1.82, 2.24) is 9.97 Å². The van der Waals surface area contributed by atoms with Crippen LogP contribution in [0.2, 0.25) is 5.02 Å². The Balaban J connectivity index is 1.41. The molecule has 1 saturated carbocycles. The minimum absolute atomic E-state index is 0.511. The van der Waals surface area contributed by atoms with E-state index in [2.05, 4.69) is 39.2 Å². The lowest BCUT2D eigenvalue weighted by molar-refractivity contribution is 0.612. The summed E-state index contributed by atoms with van der Waals surface area (Å²) in [6.45, 7) is 5.90. The number of anilines is 3. The summed E-state index contributed by atoms with van der Waals surface area (Å²) in [6.07, 6.45) is 7.78. The first-order valence-electron chi connectivity index (χ1n) is 10.5. The van der Waals surface area contributed by atoms with E-state index in [0.717, 1.165) is 48.7 Å². The van der Waals surface area contributed by atoms with Crippen molar-refractivity contribution in [3.8, 4) is 0 Å². The monoisotopic (exact) mass is 399 g/mol. The summed E-state index contributed by atoms with van der Waals surface area (Å²) >= 11 is 6.15. The van der Waals surface area contributed by atoms with Crippen molar-refractivity contribution in [3.05, 3.63) is 41.0 Å². The molecule has 4 rings (SSSR count).